The second-order valence-electron chi connectivity index (χ2n) is 5.44. The van der Waals surface area contributed by atoms with Crippen LogP contribution >= 0.6 is 11.3 Å². The number of aromatic nitrogens is 1. The van der Waals surface area contributed by atoms with Gasteiger partial charge in [-0.3, -0.25) is 4.79 Å². The van der Waals surface area contributed by atoms with Crippen molar-refractivity contribution in [2.24, 2.45) is 0 Å². The second-order valence-corrected chi connectivity index (χ2v) is 6.44. The van der Waals surface area contributed by atoms with E-state index in [1.54, 1.807) is 35.1 Å². The third-order valence-electron chi connectivity index (χ3n) is 3.39. The van der Waals surface area contributed by atoms with Crippen molar-refractivity contribution in [1.82, 2.24) is 9.88 Å². The molecule has 128 valence electrons. The minimum Gasteiger partial charge on any atom is -0.497 e. The van der Waals surface area contributed by atoms with Gasteiger partial charge in [-0.1, -0.05) is 0 Å². The van der Waals surface area contributed by atoms with Gasteiger partial charge in [0.25, 0.3) is 5.91 Å². The highest BCUT2D eigenvalue weighted by atomic mass is 32.1. The van der Waals surface area contributed by atoms with E-state index in [0.717, 1.165) is 11.3 Å². The highest BCUT2D eigenvalue weighted by molar-refractivity contribution is 7.17. The lowest BCUT2D eigenvalue weighted by atomic mass is 10.2. The van der Waals surface area contributed by atoms with Crippen molar-refractivity contribution in [2.75, 3.05) is 21.2 Å². The van der Waals surface area contributed by atoms with Crippen molar-refractivity contribution < 1.29 is 19.1 Å². The van der Waals surface area contributed by atoms with Gasteiger partial charge in [-0.05, 0) is 38.1 Å². The van der Waals surface area contributed by atoms with E-state index in [9.17, 15) is 9.59 Å². The molecule has 0 N–H and O–H groups in total. The Morgan fingerprint density at radius 2 is 1.83 bits per heavy atom. The molecular weight excluding hydrogens is 328 g/mol. The number of carbonyl (C=O) groups excluding carboxylic acids is 2. The van der Waals surface area contributed by atoms with Gasteiger partial charge in [-0.2, -0.15) is 0 Å². The molecule has 0 aliphatic heterocycles. The minimum atomic E-state index is -0.835. The Labute approximate surface area is 145 Å². The van der Waals surface area contributed by atoms with Crippen LogP contribution in [-0.2, 0) is 9.53 Å². The molecule has 6 nitrogen and oxygen atoms in total. The number of benzene rings is 1. The summed E-state index contributed by atoms with van der Waals surface area (Å²) in [6.07, 6.45) is -0.835. The number of esters is 1. The summed E-state index contributed by atoms with van der Waals surface area (Å²) in [5.74, 6) is -0.0453. The van der Waals surface area contributed by atoms with Crippen molar-refractivity contribution in [3.05, 3.63) is 34.8 Å². The zero-order valence-corrected chi connectivity index (χ0v) is 15.1. The normalized spacial score (nSPS) is 11.7. The summed E-state index contributed by atoms with van der Waals surface area (Å²) in [7, 11) is 4.84. The molecule has 0 spiro atoms. The van der Waals surface area contributed by atoms with E-state index >= 15 is 0 Å². The van der Waals surface area contributed by atoms with E-state index in [4.69, 9.17) is 9.47 Å². The third kappa shape index (κ3) is 3.91. The summed E-state index contributed by atoms with van der Waals surface area (Å²) >= 11 is 1.24. The molecule has 1 aromatic heterocycles. The molecule has 0 saturated heterocycles. The number of ether oxygens (including phenoxy) is 2. The van der Waals surface area contributed by atoms with Gasteiger partial charge in [0.2, 0.25) is 0 Å². The zero-order valence-electron chi connectivity index (χ0n) is 14.3. The Balaban J connectivity index is 2.18. The van der Waals surface area contributed by atoms with Crippen LogP contribution < -0.4 is 4.74 Å². The topological polar surface area (TPSA) is 68.7 Å². The van der Waals surface area contributed by atoms with Gasteiger partial charge in [0.1, 0.15) is 15.6 Å². The van der Waals surface area contributed by atoms with Gasteiger partial charge in [0, 0.05) is 19.7 Å². The molecular formula is C17H20N2O4S. The molecule has 0 bridgehead atoms. The number of hydrogen-bond donors (Lipinski definition) is 0. The fraction of sp³-hybridized carbons (Fsp3) is 0.353. The number of aryl methyl sites for hydroxylation is 1. The summed E-state index contributed by atoms with van der Waals surface area (Å²) in [4.78, 5) is 30.3. The average Bonchev–Trinajstić information content (AvgIpc) is 2.95. The van der Waals surface area contributed by atoms with Crippen molar-refractivity contribution in [1.29, 1.82) is 0 Å². The third-order valence-corrected chi connectivity index (χ3v) is 4.58. The first-order valence-corrected chi connectivity index (χ1v) is 8.19. The summed E-state index contributed by atoms with van der Waals surface area (Å²) in [5, 5.41) is 0.716. The fourth-order valence-electron chi connectivity index (χ4n) is 2.07. The molecule has 24 heavy (non-hydrogen) atoms. The lowest BCUT2D eigenvalue weighted by Crippen LogP contribution is -2.34. The van der Waals surface area contributed by atoms with Crippen LogP contribution in [0.1, 0.15) is 22.3 Å². The lowest BCUT2D eigenvalue weighted by Gasteiger charge is -2.16. The number of amides is 1. The second kappa shape index (κ2) is 7.44. The number of hydrogen-bond acceptors (Lipinski definition) is 6. The van der Waals surface area contributed by atoms with Crippen molar-refractivity contribution in [2.45, 2.75) is 20.0 Å². The Hall–Kier alpha value is -2.41. The van der Waals surface area contributed by atoms with E-state index in [1.807, 2.05) is 24.3 Å². The molecule has 0 aliphatic rings. The first-order valence-electron chi connectivity index (χ1n) is 7.37. The molecule has 0 fully saturated rings. The SMILES string of the molecule is COc1ccc(-c2nc(C)c(C(=O)O[C@@H](C)C(=O)N(C)C)s2)cc1. The molecule has 0 unspecified atom stereocenters. The Morgan fingerprint density at radius 3 is 2.38 bits per heavy atom. The van der Waals surface area contributed by atoms with E-state index in [2.05, 4.69) is 4.98 Å². The highest BCUT2D eigenvalue weighted by Gasteiger charge is 2.23. The predicted octanol–water partition coefficient (Wildman–Crippen LogP) is 2.76. The van der Waals surface area contributed by atoms with Crippen molar-refractivity contribution >= 4 is 23.2 Å². The van der Waals surface area contributed by atoms with Crippen LogP contribution in [0.3, 0.4) is 0 Å². The highest BCUT2D eigenvalue weighted by Crippen LogP contribution is 2.29. The monoisotopic (exact) mass is 348 g/mol. The quantitative estimate of drug-likeness (QED) is 0.777. The number of rotatable bonds is 5. The smallest absolute Gasteiger partial charge is 0.351 e. The van der Waals surface area contributed by atoms with Gasteiger partial charge < -0.3 is 14.4 Å². The molecule has 2 rings (SSSR count). The molecule has 1 heterocycles. The summed E-state index contributed by atoms with van der Waals surface area (Å²) in [6.45, 7) is 3.31. The van der Waals surface area contributed by atoms with Crippen LogP contribution in [0.4, 0.5) is 0 Å². The Kier molecular flexibility index (Phi) is 5.56. The Bertz CT molecular complexity index is 738. The van der Waals surface area contributed by atoms with Gasteiger partial charge in [-0.25, -0.2) is 9.78 Å². The largest absolute Gasteiger partial charge is 0.497 e. The number of likely N-dealkylation sites (N-methyl/N-ethyl adjacent to an activating group) is 1. The molecule has 1 amide bonds. The van der Waals surface area contributed by atoms with E-state index < -0.39 is 12.1 Å². The summed E-state index contributed by atoms with van der Waals surface area (Å²) in [6, 6.07) is 7.43. The molecule has 1 atom stereocenters. The predicted molar refractivity (Wildman–Crippen MR) is 92.4 cm³/mol. The zero-order chi connectivity index (χ0) is 17.9. The van der Waals surface area contributed by atoms with Crippen LogP contribution in [0.25, 0.3) is 10.6 Å². The van der Waals surface area contributed by atoms with E-state index in [-0.39, 0.29) is 5.91 Å². The lowest BCUT2D eigenvalue weighted by molar-refractivity contribution is -0.137. The maximum absolute atomic E-state index is 12.3. The summed E-state index contributed by atoms with van der Waals surface area (Å²) < 4.78 is 10.4. The van der Waals surface area contributed by atoms with Crippen LogP contribution in [-0.4, -0.2) is 49.1 Å². The maximum atomic E-state index is 12.3. The number of methoxy groups -OCH3 is 1. The molecule has 1 aromatic carbocycles. The molecule has 7 heteroatoms. The van der Waals surface area contributed by atoms with E-state index in [0.29, 0.717) is 15.6 Å². The van der Waals surface area contributed by atoms with Crippen molar-refractivity contribution in [3.8, 4) is 16.3 Å². The van der Waals surface area contributed by atoms with Crippen LogP contribution in [0.5, 0.6) is 5.75 Å². The van der Waals surface area contributed by atoms with Crippen molar-refractivity contribution in [3.63, 3.8) is 0 Å². The number of thiazole rings is 1. The summed E-state index contributed by atoms with van der Waals surface area (Å²) in [5.41, 5.74) is 1.47. The number of carbonyl (C=O) groups is 2. The van der Waals surface area contributed by atoms with Crippen LogP contribution in [0, 0.1) is 6.92 Å². The average molecular weight is 348 g/mol. The first-order chi connectivity index (χ1) is 11.3. The van der Waals surface area contributed by atoms with Gasteiger partial charge in [0.15, 0.2) is 6.10 Å². The Morgan fingerprint density at radius 1 is 1.21 bits per heavy atom. The van der Waals surface area contributed by atoms with Gasteiger partial charge in [-0.15, -0.1) is 11.3 Å². The fourth-order valence-corrected chi connectivity index (χ4v) is 3.03. The van der Waals surface area contributed by atoms with E-state index in [1.165, 1.54) is 16.2 Å². The van der Waals surface area contributed by atoms with Crippen LogP contribution in [0.2, 0.25) is 0 Å². The molecule has 0 aliphatic carbocycles. The van der Waals surface area contributed by atoms with Gasteiger partial charge >= 0.3 is 5.97 Å². The first kappa shape index (κ1) is 17.9. The maximum Gasteiger partial charge on any atom is 0.351 e. The molecule has 0 radical (unpaired) electrons. The number of nitrogens with zero attached hydrogens (tertiary/aromatic N) is 2. The molecule has 0 saturated carbocycles. The minimum absolute atomic E-state index is 0.263. The molecule has 2 aromatic rings. The van der Waals surface area contributed by atoms with Gasteiger partial charge in [0.05, 0.1) is 12.8 Å². The van der Waals surface area contributed by atoms with Crippen LogP contribution in [0.15, 0.2) is 24.3 Å². The standard InChI is InChI=1S/C17H20N2O4S/c1-10-14(17(21)23-11(2)16(20)19(3)4)24-15(18-10)12-6-8-13(22-5)9-7-12/h6-9,11H,1-5H3/t11-/m0/s1.